The summed E-state index contributed by atoms with van der Waals surface area (Å²) in [6.45, 7) is 0. The lowest BCUT2D eigenvalue weighted by molar-refractivity contribution is -0.0514. The second-order valence-electron chi connectivity index (χ2n) is 9.21. The van der Waals surface area contributed by atoms with Gasteiger partial charge in [-0.15, -0.1) is 24.0 Å². The standard InChI is InChI=1S/10CHF3O3S.HI/c10*2-1(3,4)8(5,6)7;/h10*(H,5,6,7);1H. The number of halogens is 31. The molecule has 0 radical (unpaired) electrons. The highest BCUT2D eigenvalue weighted by molar-refractivity contribution is 14.0. The molecule has 0 saturated heterocycles. The molecule has 0 aliphatic carbocycles. The van der Waals surface area contributed by atoms with Gasteiger partial charge in [0.1, 0.15) is 0 Å². The highest BCUT2D eigenvalue weighted by Gasteiger charge is 2.49. The molecule has 0 aromatic rings. The van der Waals surface area contributed by atoms with Gasteiger partial charge in [-0.3, -0.25) is 45.5 Å². The van der Waals surface area contributed by atoms with E-state index in [1.54, 1.807) is 0 Å². The van der Waals surface area contributed by atoms with E-state index in [9.17, 15) is 132 Å². The topological polar surface area (TPSA) is 544 Å². The summed E-state index contributed by atoms with van der Waals surface area (Å²) < 4.78 is 575. The molecule has 0 aromatic heterocycles. The van der Waals surface area contributed by atoms with Crippen molar-refractivity contribution in [3.05, 3.63) is 0 Å². The van der Waals surface area contributed by atoms with Gasteiger partial charge in [-0.2, -0.15) is 216 Å². The summed E-state index contributed by atoms with van der Waals surface area (Å²) in [4.78, 5) is 0. The predicted octanol–water partition coefficient (Wildman–Crippen LogP) is 4.56. The van der Waals surface area contributed by atoms with Gasteiger partial charge in [-0.25, -0.2) is 0 Å². The summed E-state index contributed by atoms with van der Waals surface area (Å²) in [7, 11) is -58.4. The van der Waals surface area contributed by atoms with Crippen LogP contribution in [0.1, 0.15) is 0 Å². The second-order valence-corrected chi connectivity index (χ2v) is 23.3. The fourth-order valence-corrected chi connectivity index (χ4v) is 0. The van der Waals surface area contributed by atoms with Crippen molar-refractivity contribution >= 4 is 125 Å². The summed E-state index contributed by atoms with van der Waals surface area (Å²) in [5.41, 5.74) is -55.3. The Hall–Kier alpha value is -2.27. The van der Waals surface area contributed by atoms with Crippen LogP contribution in [-0.2, 0) is 101 Å². The molecule has 0 aromatic carbocycles. The molecule has 508 valence electrons. The summed E-state index contributed by atoms with van der Waals surface area (Å²) in [6.07, 6.45) is 0. The first-order chi connectivity index (χ1) is 32.5. The van der Waals surface area contributed by atoms with Crippen LogP contribution in [0.4, 0.5) is 132 Å². The Bertz CT molecular complexity index is 2340. The molecular weight excluding hydrogens is 1620 g/mol. The third-order valence-corrected chi connectivity index (χ3v) is 8.77. The maximum Gasteiger partial charge on any atom is 0.522 e. The van der Waals surface area contributed by atoms with Crippen molar-refractivity contribution in [2.24, 2.45) is 0 Å². The number of hydrogen-bond donors (Lipinski definition) is 10. The number of alkyl halides is 30. The number of hydrogen-bond acceptors (Lipinski definition) is 20. The predicted molar refractivity (Wildman–Crippen MR) is 191 cm³/mol. The molecule has 0 heterocycles. The Labute approximate surface area is 439 Å². The zero-order valence-corrected chi connectivity index (χ0v) is 44.0. The Kier molecular flexibility index (Phi) is 42.3. The van der Waals surface area contributed by atoms with E-state index in [0.717, 1.165) is 0 Å². The minimum Gasteiger partial charge on any atom is -0.279 e. The maximum atomic E-state index is 10.7. The van der Waals surface area contributed by atoms with Crippen LogP contribution in [0.3, 0.4) is 0 Å². The highest BCUT2D eigenvalue weighted by atomic mass is 127. The van der Waals surface area contributed by atoms with Crippen LogP contribution in [0.25, 0.3) is 0 Å². The van der Waals surface area contributed by atoms with Crippen LogP contribution in [0.15, 0.2) is 0 Å². The Morgan fingerprint density at radius 3 is 0.148 bits per heavy atom. The van der Waals surface area contributed by atoms with E-state index in [0.29, 0.717) is 0 Å². The minimum absolute atomic E-state index is 0. The lowest BCUT2D eigenvalue weighted by Gasteiger charge is -1.97. The molecule has 0 atom stereocenters. The van der Waals surface area contributed by atoms with Gasteiger partial charge in [0, 0.05) is 0 Å². The van der Waals surface area contributed by atoms with Gasteiger partial charge in [0.2, 0.25) is 0 Å². The Morgan fingerprint density at radius 1 is 0.136 bits per heavy atom. The largest absolute Gasteiger partial charge is 0.522 e. The normalized spacial score (nSPS) is 13.8. The van der Waals surface area contributed by atoms with Crippen LogP contribution in [0.2, 0.25) is 0 Å². The molecule has 71 heteroatoms. The van der Waals surface area contributed by atoms with E-state index in [1.807, 2.05) is 0 Å². The van der Waals surface area contributed by atoms with Gasteiger partial charge in [-0.05, 0) is 0 Å². The third kappa shape index (κ3) is 57.9. The van der Waals surface area contributed by atoms with Gasteiger partial charge in [0.25, 0.3) is 0 Å². The van der Waals surface area contributed by atoms with Crippen molar-refractivity contribution in [2.75, 3.05) is 0 Å². The van der Waals surface area contributed by atoms with Crippen LogP contribution in [0, 0.1) is 0 Å². The monoisotopic (exact) mass is 1630 g/mol. The molecule has 0 spiro atoms. The fraction of sp³-hybridized carbons (Fsp3) is 1.00. The molecule has 0 unspecified atom stereocenters. The van der Waals surface area contributed by atoms with Crippen LogP contribution >= 0.6 is 24.0 Å². The minimum atomic E-state index is -5.84. The van der Waals surface area contributed by atoms with Crippen molar-refractivity contribution < 1.29 is 261 Å². The van der Waals surface area contributed by atoms with Gasteiger partial charge < -0.3 is 0 Å². The lowest BCUT2D eigenvalue weighted by atomic mass is 11.6. The van der Waals surface area contributed by atoms with Crippen LogP contribution in [-0.4, -0.2) is 185 Å². The zero-order chi connectivity index (χ0) is 70.0. The quantitative estimate of drug-likeness (QED) is 0.0687. The third-order valence-electron chi connectivity index (χ3n) is 2.92. The molecule has 0 amide bonds. The highest BCUT2D eigenvalue weighted by Crippen LogP contribution is 2.26. The van der Waals surface area contributed by atoms with Crippen LogP contribution in [0.5, 0.6) is 0 Å². The van der Waals surface area contributed by atoms with Crippen molar-refractivity contribution in [3.8, 4) is 0 Å². The van der Waals surface area contributed by atoms with Crippen molar-refractivity contribution in [3.63, 3.8) is 0 Å². The molecule has 81 heavy (non-hydrogen) atoms. The molecule has 0 aliphatic heterocycles. The molecule has 0 fully saturated rings. The second kappa shape index (κ2) is 33.0. The van der Waals surface area contributed by atoms with E-state index in [4.69, 9.17) is 130 Å². The zero-order valence-electron chi connectivity index (χ0n) is 33.5. The van der Waals surface area contributed by atoms with E-state index in [2.05, 4.69) is 0 Å². The first-order valence-corrected chi connectivity index (χ1v) is 27.3. The van der Waals surface area contributed by atoms with E-state index in [-0.39, 0.29) is 24.0 Å². The summed E-state index contributed by atoms with van der Waals surface area (Å²) in [5, 5.41) is 0. The average molecular weight is 1630 g/mol. The van der Waals surface area contributed by atoms with E-state index < -0.39 is 156 Å². The van der Waals surface area contributed by atoms with E-state index >= 15 is 0 Å². The van der Waals surface area contributed by atoms with Crippen LogP contribution < -0.4 is 0 Å². The Morgan fingerprint density at radius 2 is 0.148 bits per heavy atom. The maximum absolute atomic E-state index is 10.7. The molecule has 0 bridgehead atoms. The van der Waals surface area contributed by atoms with E-state index in [1.165, 1.54) is 0 Å². The molecule has 0 saturated carbocycles. The van der Waals surface area contributed by atoms with Gasteiger partial charge in [-0.1, -0.05) is 0 Å². The molecule has 10 N–H and O–H groups in total. The van der Waals surface area contributed by atoms with Gasteiger partial charge >= 0.3 is 156 Å². The summed E-state index contributed by atoms with van der Waals surface area (Å²) in [5.74, 6) is 0. The average Bonchev–Trinajstić information content (AvgIpc) is 2.98. The van der Waals surface area contributed by atoms with Crippen molar-refractivity contribution in [2.45, 2.75) is 55.1 Å². The van der Waals surface area contributed by atoms with Crippen molar-refractivity contribution in [1.82, 2.24) is 0 Å². The molecule has 30 nitrogen and oxygen atoms in total. The van der Waals surface area contributed by atoms with Gasteiger partial charge in [0.15, 0.2) is 0 Å². The smallest absolute Gasteiger partial charge is 0.279 e. The fourth-order valence-electron chi connectivity index (χ4n) is 0. The lowest BCUT2D eigenvalue weighted by Crippen LogP contribution is -2.21. The first-order valence-electron chi connectivity index (χ1n) is 12.9. The number of rotatable bonds is 0. The Balaban J connectivity index is -0.0000000746. The summed E-state index contributed by atoms with van der Waals surface area (Å²) >= 11 is 0. The van der Waals surface area contributed by atoms with Crippen molar-refractivity contribution in [1.29, 1.82) is 0 Å². The summed E-state index contributed by atoms with van der Waals surface area (Å²) in [6, 6.07) is 0. The molecular formula is C10H11F30IO30S10. The SMILES string of the molecule is I.O=S(=O)(O)C(F)(F)F.O=S(=O)(O)C(F)(F)F.O=S(=O)(O)C(F)(F)F.O=S(=O)(O)C(F)(F)F.O=S(=O)(O)C(F)(F)F.O=S(=O)(O)C(F)(F)F.O=S(=O)(O)C(F)(F)F.O=S(=O)(O)C(F)(F)F.O=S(=O)(O)C(F)(F)F.O=S(=O)(O)C(F)(F)F. The molecule has 0 aliphatic rings. The molecule has 0 rings (SSSR count). The first kappa shape index (κ1) is 104. The van der Waals surface area contributed by atoms with Gasteiger partial charge in [0.05, 0.1) is 0 Å².